The van der Waals surface area contributed by atoms with Gasteiger partial charge in [0.2, 0.25) is 0 Å². The molecule has 3 rings (SSSR count). The zero-order chi connectivity index (χ0) is 18.4. The van der Waals surface area contributed by atoms with E-state index in [1.165, 1.54) is 0 Å². The van der Waals surface area contributed by atoms with Crippen LogP contribution in [0.15, 0.2) is 52.9 Å². The van der Waals surface area contributed by atoms with Crippen molar-refractivity contribution in [3.8, 4) is 5.75 Å². The molecule has 1 heterocycles. The minimum atomic E-state index is -0.493. The third-order valence-corrected chi connectivity index (χ3v) is 3.60. The van der Waals surface area contributed by atoms with Crippen LogP contribution in [0.3, 0.4) is 0 Å². The van der Waals surface area contributed by atoms with Crippen molar-refractivity contribution in [1.82, 2.24) is 4.98 Å². The summed E-state index contributed by atoms with van der Waals surface area (Å²) in [5.41, 5.74) is 1.99. The van der Waals surface area contributed by atoms with Gasteiger partial charge in [-0.25, -0.2) is 4.98 Å². The summed E-state index contributed by atoms with van der Waals surface area (Å²) in [6.07, 6.45) is 0.393. The average molecular weight is 354 g/mol. The molecule has 7 nitrogen and oxygen atoms in total. The Balaban J connectivity index is 1.43. The molecule has 0 aliphatic rings. The number of nitrogens with one attached hydrogen (secondary N) is 1. The molecule has 0 fully saturated rings. The van der Waals surface area contributed by atoms with Crippen LogP contribution in [-0.2, 0) is 20.7 Å². The second-order valence-corrected chi connectivity index (χ2v) is 5.52. The minimum absolute atomic E-state index is 0.0826. The van der Waals surface area contributed by atoms with Crippen LogP contribution in [0, 0.1) is 0 Å². The molecule has 1 N–H and O–H groups in total. The smallest absolute Gasteiger partial charge is 0.306 e. The molecule has 7 heteroatoms. The second kappa shape index (κ2) is 8.15. The molecule has 0 unspecified atom stereocenters. The predicted molar refractivity (Wildman–Crippen MR) is 94.9 cm³/mol. The molecular formula is C19H18N2O5. The van der Waals surface area contributed by atoms with E-state index in [-0.39, 0.29) is 13.0 Å². The highest BCUT2D eigenvalue weighted by Crippen LogP contribution is 2.17. The number of aromatic nitrogens is 1. The number of anilines is 1. The third-order valence-electron chi connectivity index (χ3n) is 3.60. The maximum atomic E-state index is 11.8. The van der Waals surface area contributed by atoms with E-state index in [1.807, 2.05) is 24.3 Å². The first-order chi connectivity index (χ1) is 12.6. The minimum Gasteiger partial charge on any atom is -0.497 e. The lowest BCUT2D eigenvalue weighted by Crippen LogP contribution is -2.21. The molecule has 134 valence electrons. The molecule has 0 aliphatic carbocycles. The second-order valence-electron chi connectivity index (χ2n) is 5.52. The maximum absolute atomic E-state index is 11.8. The summed E-state index contributed by atoms with van der Waals surface area (Å²) in [5.74, 6) is 0.170. The summed E-state index contributed by atoms with van der Waals surface area (Å²) in [4.78, 5) is 27.9. The Morgan fingerprint density at radius 3 is 2.81 bits per heavy atom. The lowest BCUT2D eigenvalue weighted by atomic mass is 10.3. The topological polar surface area (TPSA) is 90.7 Å². The van der Waals surface area contributed by atoms with Gasteiger partial charge in [-0.05, 0) is 24.3 Å². The Hall–Kier alpha value is -3.35. The summed E-state index contributed by atoms with van der Waals surface area (Å²) >= 11 is 0. The van der Waals surface area contributed by atoms with Crippen molar-refractivity contribution in [3.05, 3.63) is 54.4 Å². The third kappa shape index (κ3) is 4.60. The number of carbonyl (C=O) groups excluding carboxylic acids is 2. The van der Waals surface area contributed by atoms with Crippen molar-refractivity contribution in [3.63, 3.8) is 0 Å². The van der Waals surface area contributed by atoms with Gasteiger partial charge in [-0.2, -0.15) is 0 Å². The molecule has 0 spiro atoms. The molecule has 0 aliphatic heterocycles. The number of oxazole rings is 1. The lowest BCUT2D eigenvalue weighted by Gasteiger charge is -2.07. The largest absolute Gasteiger partial charge is 0.497 e. The molecule has 2 aromatic carbocycles. The SMILES string of the molecule is COc1cccc(NC(=O)COC(=O)CCc2nc3ccccc3o2)c1. The number of fused-ring (bicyclic) bond motifs is 1. The highest BCUT2D eigenvalue weighted by atomic mass is 16.5. The fourth-order valence-corrected chi connectivity index (χ4v) is 2.35. The number of para-hydroxylation sites is 2. The first-order valence-electron chi connectivity index (χ1n) is 8.08. The van der Waals surface area contributed by atoms with Crippen molar-refractivity contribution >= 4 is 28.7 Å². The summed E-state index contributed by atoms with van der Waals surface area (Å²) in [7, 11) is 1.54. The van der Waals surface area contributed by atoms with Crippen molar-refractivity contribution in [2.45, 2.75) is 12.8 Å². The van der Waals surface area contributed by atoms with Crippen molar-refractivity contribution in [2.24, 2.45) is 0 Å². The molecule has 26 heavy (non-hydrogen) atoms. The van der Waals surface area contributed by atoms with Gasteiger partial charge in [-0.1, -0.05) is 18.2 Å². The van der Waals surface area contributed by atoms with Crippen molar-refractivity contribution in [2.75, 3.05) is 19.0 Å². The van der Waals surface area contributed by atoms with Gasteiger partial charge >= 0.3 is 5.97 Å². The Morgan fingerprint density at radius 2 is 2.00 bits per heavy atom. The molecule has 0 bridgehead atoms. The van der Waals surface area contributed by atoms with Crippen LogP contribution < -0.4 is 10.1 Å². The summed E-state index contributed by atoms with van der Waals surface area (Å²) in [6.45, 7) is -0.358. The number of hydrogen-bond donors (Lipinski definition) is 1. The first kappa shape index (κ1) is 17.5. The Morgan fingerprint density at radius 1 is 1.15 bits per heavy atom. The van der Waals surface area contributed by atoms with Crippen LogP contribution in [0.2, 0.25) is 0 Å². The van der Waals surface area contributed by atoms with E-state index in [4.69, 9.17) is 13.9 Å². The van der Waals surface area contributed by atoms with E-state index in [0.717, 1.165) is 5.52 Å². The molecule has 0 saturated heterocycles. The van der Waals surface area contributed by atoms with Gasteiger partial charge in [0.1, 0.15) is 11.3 Å². The normalized spacial score (nSPS) is 10.5. The van der Waals surface area contributed by atoms with Gasteiger partial charge in [-0.3, -0.25) is 9.59 Å². The highest BCUT2D eigenvalue weighted by Gasteiger charge is 2.11. The van der Waals surface area contributed by atoms with Crippen molar-refractivity contribution < 1.29 is 23.5 Å². The number of methoxy groups -OCH3 is 1. The highest BCUT2D eigenvalue weighted by molar-refractivity contribution is 5.92. The number of ether oxygens (including phenoxy) is 2. The van der Waals surface area contributed by atoms with Crippen LogP contribution in [-0.4, -0.2) is 30.6 Å². The fourth-order valence-electron chi connectivity index (χ4n) is 2.35. The lowest BCUT2D eigenvalue weighted by molar-refractivity contribution is -0.147. The molecule has 0 atom stereocenters. The van der Waals surface area contributed by atoms with E-state index in [0.29, 0.717) is 29.3 Å². The Kier molecular flexibility index (Phi) is 5.48. The number of nitrogens with zero attached hydrogens (tertiary/aromatic N) is 1. The molecule has 1 amide bonds. The molecule has 1 aromatic heterocycles. The summed E-state index contributed by atoms with van der Waals surface area (Å²) in [6, 6.07) is 14.3. The summed E-state index contributed by atoms with van der Waals surface area (Å²) < 4.78 is 15.6. The van der Waals surface area contributed by atoms with Crippen LogP contribution >= 0.6 is 0 Å². The maximum Gasteiger partial charge on any atom is 0.306 e. The van der Waals surface area contributed by atoms with Gasteiger partial charge in [0.05, 0.1) is 13.5 Å². The van der Waals surface area contributed by atoms with Crippen molar-refractivity contribution in [1.29, 1.82) is 0 Å². The van der Waals surface area contributed by atoms with Gasteiger partial charge in [0, 0.05) is 18.2 Å². The monoisotopic (exact) mass is 354 g/mol. The number of carbonyl (C=O) groups is 2. The number of amides is 1. The van der Waals surface area contributed by atoms with Crippen LogP contribution in [0.5, 0.6) is 5.75 Å². The van der Waals surface area contributed by atoms with Gasteiger partial charge in [0.15, 0.2) is 18.1 Å². The number of benzene rings is 2. The zero-order valence-electron chi connectivity index (χ0n) is 14.2. The number of rotatable bonds is 7. The standard InChI is InChI=1S/C19H18N2O5/c1-24-14-6-4-5-13(11-14)20-17(22)12-25-19(23)10-9-18-21-15-7-2-3-8-16(15)26-18/h2-8,11H,9-10,12H2,1H3,(H,20,22). The number of esters is 1. The van der Waals surface area contributed by atoms with Gasteiger partial charge in [-0.15, -0.1) is 0 Å². The summed E-state index contributed by atoms with van der Waals surface area (Å²) in [5, 5.41) is 2.64. The van der Waals surface area contributed by atoms with E-state index < -0.39 is 11.9 Å². The Bertz CT molecular complexity index is 886. The first-order valence-corrected chi connectivity index (χ1v) is 8.08. The molecular weight excluding hydrogens is 336 g/mol. The fraction of sp³-hybridized carbons (Fsp3) is 0.211. The average Bonchev–Trinajstić information content (AvgIpc) is 3.08. The molecule has 3 aromatic rings. The van der Waals surface area contributed by atoms with Crippen LogP contribution in [0.25, 0.3) is 11.1 Å². The van der Waals surface area contributed by atoms with Gasteiger partial charge in [0.25, 0.3) is 5.91 Å². The molecule has 0 saturated carbocycles. The van der Waals surface area contributed by atoms with E-state index in [9.17, 15) is 9.59 Å². The van der Waals surface area contributed by atoms with Crippen LogP contribution in [0.1, 0.15) is 12.3 Å². The number of hydrogen-bond acceptors (Lipinski definition) is 6. The Labute approximate surface area is 149 Å². The zero-order valence-corrected chi connectivity index (χ0v) is 14.2. The molecule has 0 radical (unpaired) electrons. The quantitative estimate of drug-likeness (QED) is 0.656. The number of aryl methyl sites for hydroxylation is 1. The van der Waals surface area contributed by atoms with E-state index in [1.54, 1.807) is 31.4 Å². The van der Waals surface area contributed by atoms with E-state index in [2.05, 4.69) is 10.3 Å². The van der Waals surface area contributed by atoms with Gasteiger partial charge < -0.3 is 19.2 Å². The van der Waals surface area contributed by atoms with Crippen LogP contribution in [0.4, 0.5) is 5.69 Å². The predicted octanol–water partition coefficient (Wildman–Crippen LogP) is 2.95. The van der Waals surface area contributed by atoms with E-state index >= 15 is 0 Å².